The predicted molar refractivity (Wildman–Crippen MR) is 139 cm³/mol. The lowest BCUT2D eigenvalue weighted by Gasteiger charge is -2.07. The molecule has 5 heteroatoms. The predicted octanol–water partition coefficient (Wildman–Crippen LogP) is 9.37. The second kappa shape index (κ2) is 71.3. The molecule has 1 unspecified atom stereocenters. The minimum absolute atomic E-state index is 0. The van der Waals surface area contributed by atoms with Crippen LogP contribution >= 0.6 is 9.12 Å². The van der Waals surface area contributed by atoms with Gasteiger partial charge in [-0.25, -0.2) is 0 Å². The molecule has 0 saturated carbocycles. The molecule has 28 heavy (non-hydrogen) atoms. The summed E-state index contributed by atoms with van der Waals surface area (Å²) in [5, 5.41) is 0. The van der Waals surface area contributed by atoms with Crippen LogP contribution in [0.15, 0.2) is 0 Å². The molecule has 0 aromatic heterocycles. The van der Waals surface area contributed by atoms with Crippen LogP contribution in [0.5, 0.6) is 0 Å². The first kappa shape index (κ1) is 63.0. The molecule has 0 radical (unpaired) electrons. The van der Waals surface area contributed by atoms with Crippen LogP contribution in [0.2, 0.25) is 0 Å². The number of hydrogen-bond acceptors (Lipinski definition) is 4. The van der Waals surface area contributed by atoms with E-state index in [4.69, 9.17) is 18.8 Å². The van der Waals surface area contributed by atoms with Gasteiger partial charge in [0.15, 0.2) is 0 Å². The molecular weight excluding hydrogens is 371 g/mol. The number of hydrogen-bond donors (Lipinski definition) is 0. The highest BCUT2D eigenvalue weighted by Gasteiger charge is 1.96. The molecule has 0 aromatic carbocycles. The summed E-state index contributed by atoms with van der Waals surface area (Å²) < 4.78 is 22.8. The first-order valence-electron chi connectivity index (χ1n) is 8.32. The van der Waals surface area contributed by atoms with Crippen molar-refractivity contribution in [2.24, 2.45) is 0 Å². The average molecular weight is 437 g/mol. The van der Waals surface area contributed by atoms with Gasteiger partial charge >= 0.3 is 0 Å². The Bertz CT molecular complexity index is 144. The van der Waals surface area contributed by atoms with Gasteiger partial charge in [-0.05, 0) is 32.6 Å². The van der Waals surface area contributed by atoms with Crippen LogP contribution in [0.4, 0.5) is 0 Å². The third-order valence-electron chi connectivity index (χ3n) is 3.17. The summed E-state index contributed by atoms with van der Waals surface area (Å²) in [7, 11) is 6.96. The smallest absolute Gasteiger partial charge is 0.138 e. The maximum absolute atomic E-state index is 8.06. The molecule has 186 valence electrons. The molecule has 0 aliphatic carbocycles. The van der Waals surface area contributed by atoms with Crippen molar-refractivity contribution in [2.75, 3.05) is 27.9 Å². The van der Waals surface area contributed by atoms with Gasteiger partial charge in [0.05, 0.1) is 12.2 Å². The Labute approximate surface area is 186 Å². The van der Waals surface area contributed by atoms with Gasteiger partial charge in [0.2, 0.25) is 0 Å². The van der Waals surface area contributed by atoms with E-state index < -0.39 is 0 Å². The maximum atomic E-state index is 8.06. The van der Waals surface area contributed by atoms with Crippen molar-refractivity contribution in [3.8, 4) is 0 Å². The highest BCUT2D eigenvalue weighted by molar-refractivity contribution is 7.00. The lowest BCUT2D eigenvalue weighted by molar-refractivity contribution is 0.0964. The fourth-order valence-electron chi connectivity index (χ4n) is 1.29. The van der Waals surface area contributed by atoms with Crippen molar-refractivity contribution in [1.29, 1.82) is 0 Å². The molecule has 0 rings (SSSR count). The Morgan fingerprint density at radius 2 is 1.07 bits per heavy atom. The molecule has 0 fully saturated rings. The number of methoxy groups -OCH3 is 3. The molecule has 0 saturated heterocycles. The van der Waals surface area contributed by atoms with Crippen LogP contribution < -0.4 is 0 Å². The van der Waals surface area contributed by atoms with E-state index in [1.807, 2.05) is 0 Å². The zero-order valence-corrected chi connectivity index (χ0v) is 17.2. The van der Waals surface area contributed by atoms with Crippen LogP contribution in [0.25, 0.3) is 0 Å². The van der Waals surface area contributed by atoms with E-state index >= 15 is 0 Å². The van der Waals surface area contributed by atoms with Gasteiger partial charge in [-0.15, -0.1) is 0 Å². The summed E-state index contributed by atoms with van der Waals surface area (Å²) >= 11 is 0. The van der Waals surface area contributed by atoms with Crippen LogP contribution in [-0.4, -0.2) is 40.1 Å². The van der Waals surface area contributed by atoms with Crippen molar-refractivity contribution in [1.82, 2.24) is 0 Å². The van der Waals surface area contributed by atoms with Crippen LogP contribution in [-0.2, 0) is 18.8 Å². The Kier molecular flexibility index (Phi) is 160. The zero-order valence-electron chi connectivity index (χ0n) is 16.2. The monoisotopic (exact) mass is 436 g/mol. The zero-order chi connectivity index (χ0) is 18.2. The minimum Gasteiger partial charge on any atom is -0.385 e. The maximum Gasteiger partial charge on any atom is 0.138 e. The van der Waals surface area contributed by atoms with E-state index in [9.17, 15) is 0 Å². The Balaban J connectivity index is -0.0000000188. The lowest BCUT2D eigenvalue weighted by Crippen LogP contribution is -2.05. The normalized spacial score (nSPS) is 8.18. The van der Waals surface area contributed by atoms with Crippen LogP contribution in [0, 0.1) is 0 Å². The third-order valence-corrected chi connectivity index (χ3v) is 3.17. The summed E-state index contributed by atoms with van der Waals surface area (Å²) in [6.45, 7) is 11.5. The third kappa shape index (κ3) is 82.9. The quantitative estimate of drug-likeness (QED) is 0.267. The SMILES string of the molecule is C.C.C.C.C.C.CCC(C)OC.CCC(CC)OC.CCCCCOC.O=P. The van der Waals surface area contributed by atoms with Crippen molar-refractivity contribution in [3.05, 3.63) is 0 Å². The average Bonchev–Trinajstić information content (AvgIpc) is 2.59. The van der Waals surface area contributed by atoms with E-state index in [1.165, 1.54) is 19.3 Å². The first-order valence-corrected chi connectivity index (χ1v) is 8.73. The Morgan fingerprint density at radius 1 is 0.679 bits per heavy atom. The second-order valence-electron chi connectivity index (χ2n) is 4.83. The number of rotatable bonds is 9. The van der Waals surface area contributed by atoms with Gasteiger partial charge in [0.1, 0.15) is 9.12 Å². The van der Waals surface area contributed by atoms with E-state index in [-0.39, 0.29) is 44.6 Å². The van der Waals surface area contributed by atoms with Crippen molar-refractivity contribution < 1.29 is 18.8 Å². The number of ether oxygens (including phenoxy) is 3. The van der Waals surface area contributed by atoms with Gasteiger partial charge in [0, 0.05) is 27.9 Å². The van der Waals surface area contributed by atoms with Crippen LogP contribution in [0.1, 0.15) is 118 Å². The van der Waals surface area contributed by atoms with Gasteiger partial charge in [-0.2, -0.15) is 0 Å². The van der Waals surface area contributed by atoms with E-state index in [1.54, 1.807) is 30.4 Å². The molecule has 4 nitrogen and oxygen atoms in total. The van der Waals surface area contributed by atoms with Gasteiger partial charge < -0.3 is 14.2 Å². The van der Waals surface area contributed by atoms with E-state index in [2.05, 4.69) is 34.6 Å². The lowest BCUT2D eigenvalue weighted by atomic mass is 10.2. The molecule has 0 N–H and O–H groups in total. The van der Waals surface area contributed by atoms with Crippen molar-refractivity contribution in [2.45, 2.75) is 130 Å². The summed E-state index contributed by atoms with van der Waals surface area (Å²) in [5.41, 5.74) is 0. The molecule has 0 heterocycles. The molecular formula is C23H65O4P. The summed E-state index contributed by atoms with van der Waals surface area (Å²) in [6.07, 6.45) is 8.09. The molecule has 0 spiro atoms. The Hall–Kier alpha value is -0.0200. The highest BCUT2D eigenvalue weighted by atomic mass is 31.0. The van der Waals surface area contributed by atoms with E-state index in [0.717, 1.165) is 25.9 Å². The summed E-state index contributed by atoms with van der Waals surface area (Å²) in [4.78, 5) is 0. The largest absolute Gasteiger partial charge is 0.385 e. The molecule has 0 bridgehead atoms. The second-order valence-corrected chi connectivity index (χ2v) is 4.83. The van der Waals surface area contributed by atoms with Crippen LogP contribution in [0.3, 0.4) is 0 Å². The van der Waals surface area contributed by atoms with Gasteiger partial charge in [-0.1, -0.05) is 85.1 Å². The van der Waals surface area contributed by atoms with Crippen molar-refractivity contribution in [3.63, 3.8) is 0 Å². The topological polar surface area (TPSA) is 44.8 Å². The first-order chi connectivity index (χ1) is 10.6. The number of unbranched alkanes of at least 4 members (excludes halogenated alkanes) is 2. The van der Waals surface area contributed by atoms with Gasteiger partial charge in [-0.3, -0.25) is 4.57 Å². The molecule has 0 aliphatic rings. The summed E-state index contributed by atoms with van der Waals surface area (Å²) in [5.74, 6) is 0. The van der Waals surface area contributed by atoms with E-state index in [0.29, 0.717) is 12.2 Å². The fraction of sp³-hybridized carbons (Fsp3) is 1.00. The minimum atomic E-state index is 0. The van der Waals surface area contributed by atoms with Crippen molar-refractivity contribution >= 4 is 9.12 Å². The molecule has 0 aromatic rings. The molecule has 0 aliphatic heterocycles. The fourth-order valence-corrected chi connectivity index (χ4v) is 1.29. The Morgan fingerprint density at radius 3 is 1.18 bits per heavy atom. The molecule has 1 atom stereocenters. The summed E-state index contributed by atoms with van der Waals surface area (Å²) in [6, 6.07) is 0. The standard InChI is InChI=1S/2C6H14O.C5H12O.6CH4.HOP/c1-4-6(5-2)7-3;1-3-4-5-6-7-2;1-4-5(2)6-3;;;;;;;1-2/h6H,4-5H2,1-3H3;3-6H2,1-2H3;5H,4H2,1-3H3;6*1H4;2H. The van der Waals surface area contributed by atoms with Gasteiger partial charge in [0.25, 0.3) is 0 Å². The highest BCUT2D eigenvalue weighted by Crippen LogP contribution is 1.98. The molecule has 0 amide bonds.